The van der Waals surface area contributed by atoms with E-state index in [1.807, 2.05) is 18.2 Å². The number of hydrogen-bond donors (Lipinski definition) is 1. The van der Waals surface area contributed by atoms with Gasteiger partial charge in [-0.3, -0.25) is 14.4 Å². The van der Waals surface area contributed by atoms with Crippen LogP contribution < -0.4 is 5.32 Å². The Bertz CT molecular complexity index is 636. The lowest BCUT2D eigenvalue weighted by molar-refractivity contribution is -0.134. The first kappa shape index (κ1) is 13.8. The predicted octanol–water partition coefficient (Wildman–Crippen LogP) is 1.22. The van der Waals surface area contributed by atoms with Crippen molar-refractivity contribution in [3.63, 3.8) is 0 Å². The van der Waals surface area contributed by atoms with E-state index in [1.165, 1.54) is 5.56 Å². The Kier molecular flexibility index (Phi) is 3.27. The molecule has 1 aromatic rings. The molecule has 1 saturated heterocycles. The van der Waals surface area contributed by atoms with E-state index in [4.69, 9.17) is 0 Å². The number of nitrogens with one attached hydrogen (secondary N) is 1. The van der Waals surface area contributed by atoms with Gasteiger partial charge in [-0.15, -0.1) is 0 Å². The molecule has 1 aromatic carbocycles. The molecule has 0 saturated carbocycles. The van der Waals surface area contributed by atoms with E-state index < -0.39 is 6.04 Å². The van der Waals surface area contributed by atoms with Crippen LogP contribution in [0.5, 0.6) is 0 Å². The molecule has 0 bridgehead atoms. The largest absolute Gasteiger partial charge is 0.353 e. The molecule has 2 aliphatic heterocycles. The van der Waals surface area contributed by atoms with Crippen LogP contribution in [0.3, 0.4) is 0 Å². The van der Waals surface area contributed by atoms with Gasteiger partial charge in [0, 0.05) is 18.7 Å². The number of carbonyl (C=O) groups excluding carboxylic acids is 3. The quantitative estimate of drug-likeness (QED) is 0.831. The molecule has 1 fully saturated rings. The number of nitrogens with zero attached hydrogens (tertiary/aromatic N) is 1. The maximum atomic E-state index is 12.5. The molecule has 3 rings (SSSR count). The fourth-order valence-electron chi connectivity index (χ4n) is 2.92. The number of amides is 2. The highest BCUT2D eigenvalue weighted by atomic mass is 16.2. The third kappa shape index (κ3) is 2.33. The summed E-state index contributed by atoms with van der Waals surface area (Å²) < 4.78 is 0. The van der Waals surface area contributed by atoms with E-state index in [0.717, 1.165) is 5.56 Å². The molecular formula is C16H18N2O3. The predicted molar refractivity (Wildman–Crippen MR) is 76.8 cm³/mol. The molecule has 0 aliphatic carbocycles. The summed E-state index contributed by atoms with van der Waals surface area (Å²) >= 11 is 0. The molecule has 0 spiro atoms. The average molecular weight is 286 g/mol. The molecule has 1 N–H and O–H groups in total. The number of Topliss-reactive ketones (excluding diaryl/α,β-unsaturated/α-hetero) is 1. The SMILES string of the molecule is CC(C)c1ccc2c(c1)CN(C1CNC(=O)CC1=O)C2=O. The average Bonchev–Trinajstić information content (AvgIpc) is 2.75. The molecule has 0 aromatic heterocycles. The second-order valence-electron chi connectivity index (χ2n) is 5.97. The monoisotopic (exact) mass is 286 g/mol. The second kappa shape index (κ2) is 4.98. The first-order valence-electron chi connectivity index (χ1n) is 7.20. The first-order valence-corrected chi connectivity index (χ1v) is 7.20. The minimum absolute atomic E-state index is 0.116. The lowest BCUT2D eigenvalue weighted by Gasteiger charge is -2.29. The van der Waals surface area contributed by atoms with Crippen molar-refractivity contribution in [1.29, 1.82) is 0 Å². The molecule has 2 heterocycles. The van der Waals surface area contributed by atoms with Crippen molar-refractivity contribution in [2.75, 3.05) is 6.54 Å². The van der Waals surface area contributed by atoms with Gasteiger partial charge in [0.15, 0.2) is 5.78 Å². The van der Waals surface area contributed by atoms with Crippen LogP contribution in [0.25, 0.3) is 0 Å². The van der Waals surface area contributed by atoms with Crippen molar-refractivity contribution < 1.29 is 14.4 Å². The van der Waals surface area contributed by atoms with Crippen LogP contribution >= 0.6 is 0 Å². The molecule has 5 heteroatoms. The lowest BCUT2D eigenvalue weighted by atomic mass is 9.98. The Morgan fingerprint density at radius 2 is 2.00 bits per heavy atom. The zero-order valence-corrected chi connectivity index (χ0v) is 12.2. The van der Waals surface area contributed by atoms with Crippen LogP contribution in [0, 0.1) is 0 Å². The number of rotatable bonds is 2. The summed E-state index contributed by atoms with van der Waals surface area (Å²) in [4.78, 5) is 37.3. The smallest absolute Gasteiger partial charge is 0.255 e. The Morgan fingerprint density at radius 3 is 2.67 bits per heavy atom. The van der Waals surface area contributed by atoms with E-state index in [9.17, 15) is 14.4 Å². The van der Waals surface area contributed by atoms with Gasteiger partial charge >= 0.3 is 0 Å². The Hall–Kier alpha value is -2.17. The zero-order valence-electron chi connectivity index (χ0n) is 12.2. The highest BCUT2D eigenvalue weighted by Gasteiger charge is 2.38. The molecule has 2 aliphatic rings. The van der Waals surface area contributed by atoms with Gasteiger partial charge in [0.2, 0.25) is 5.91 Å². The summed E-state index contributed by atoms with van der Waals surface area (Å²) in [6.07, 6.45) is -0.137. The highest BCUT2D eigenvalue weighted by molar-refractivity contribution is 6.07. The van der Waals surface area contributed by atoms with Crippen molar-refractivity contribution in [2.45, 2.75) is 38.8 Å². The van der Waals surface area contributed by atoms with Crippen molar-refractivity contribution in [1.82, 2.24) is 10.2 Å². The van der Waals surface area contributed by atoms with E-state index in [1.54, 1.807) is 4.90 Å². The topological polar surface area (TPSA) is 66.5 Å². The molecule has 2 amide bonds. The van der Waals surface area contributed by atoms with Gasteiger partial charge in [0.05, 0.1) is 6.42 Å². The van der Waals surface area contributed by atoms with Gasteiger partial charge in [-0.1, -0.05) is 26.0 Å². The molecule has 1 unspecified atom stereocenters. The summed E-state index contributed by atoms with van der Waals surface area (Å²) in [7, 11) is 0. The van der Waals surface area contributed by atoms with E-state index in [2.05, 4.69) is 19.2 Å². The fourth-order valence-corrected chi connectivity index (χ4v) is 2.92. The van der Waals surface area contributed by atoms with Gasteiger partial charge in [-0.2, -0.15) is 0 Å². The van der Waals surface area contributed by atoms with Crippen molar-refractivity contribution in [2.24, 2.45) is 0 Å². The number of carbonyl (C=O) groups is 3. The maximum absolute atomic E-state index is 12.5. The normalized spacial score (nSPS) is 21.8. The summed E-state index contributed by atoms with van der Waals surface area (Å²) in [6, 6.07) is 5.32. The Labute approximate surface area is 123 Å². The molecule has 110 valence electrons. The van der Waals surface area contributed by atoms with Crippen LogP contribution in [0.1, 0.15) is 47.7 Å². The fraction of sp³-hybridized carbons (Fsp3) is 0.438. The van der Waals surface area contributed by atoms with E-state index in [0.29, 0.717) is 18.0 Å². The van der Waals surface area contributed by atoms with Crippen molar-refractivity contribution in [3.8, 4) is 0 Å². The zero-order chi connectivity index (χ0) is 15.1. The second-order valence-corrected chi connectivity index (χ2v) is 5.97. The Balaban J connectivity index is 1.86. The third-order valence-corrected chi connectivity index (χ3v) is 4.20. The standard InChI is InChI=1S/C16H18N2O3/c1-9(2)10-3-4-12-11(5-10)8-18(16(12)21)13-7-17-15(20)6-14(13)19/h3-5,9,13H,6-8H2,1-2H3,(H,17,20). The Morgan fingerprint density at radius 1 is 1.24 bits per heavy atom. The summed E-state index contributed by atoms with van der Waals surface area (Å²) in [5.74, 6) is -0.156. The van der Waals surface area contributed by atoms with E-state index >= 15 is 0 Å². The molecule has 21 heavy (non-hydrogen) atoms. The van der Waals surface area contributed by atoms with Crippen LogP contribution in [0.4, 0.5) is 0 Å². The van der Waals surface area contributed by atoms with Gasteiger partial charge in [0.1, 0.15) is 6.04 Å². The van der Waals surface area contributed by atoms with Crippen LogP contribution in [0.15, 0.2) is 18.2 Å². The van der Waals surface area contributed by atoms with Gasteiger partial charge in [-0.05, 0) is 23.1 Å². The number of piperidine rings is 1. The molecule has 1 atom stereocenters. The summed E-state index contributed by atoms with van der Waals surface area (Å²) in [5.41, 5.74) is 2.83. The lowest BCUT2D eigenvalue weighted by Crippen LogP contribution is -2.53. The molecule has 5 nitrogen and oxygen atoms in total. The number of benzene rings is 1. The van der Waals surface area contributed by atoms with Crippen molar-refractivity contribution >= 4 is 17.6 Å². The van der Waals surface area contributed by atoms with Crippen LogP contribution in [-0.2, 0) is 16.1 Å². The minimum Gasteiger partial charge on any atom is -0.353 e. The minimum atomic E-state index is -0.537. The third-order valence-electron chi connectivity index (χ3n) is 4.20. The van der Waals surface area contributed by atoms with Crippen LogP contribution in [-0.4, -0.2) is 35.1 Å². The van der Waals surface area contributed by atoms with Gasteiger partial charge in [0.25, 0.3) is 5.91 Å². The van der Waals surface area contributed by atoms with E-state index in [-0.39, 0.29) is 30.6 Å². The number of ketones is 1. The van der Waals surface area contributed by atoms with Crippen molar-refractivity contribution in [3.05, 3.63) is 34.9 Å². The van der Waals surface area contributed by atoms with Gasteiger partial charge in [-0.25, -0.2) is 0 Å². The first-order chi connectivity index (χ1) is 9.97. The molecule has 0 radical (unpaired) electrons. The van der Waals surface area contributed by atoms with Crippen LogP contribution in [0.2, 0.25) is 0 Å². The van der Waals surface area contributed by atoms with Gasteiger partial charge < -0.3 is 10.2 Å². The highest BCUT2D eigenvalue weighted by Crippen LogP contribution is 2.28. The number of hydrogen-bond acceptors (Lipinski definition) is 3. The number of fused-ring (bicyclic) bond motifs is 1. The summed E-state index contributed by atoms with van der Waals surface area (Å²) in [5, 5.41) is 2.66. The maximum Gasteiger partial charge on any atom is 0.255 e. The summed E-state index contributed by atoms with van der Waals surface area (Å²) in [6.45, 7) is 4.88. The molecular weight excluding hydrogens is 268 g/mol.